The summed E-state index contributed by atoms with van der Waals surface area (Å²) in [5, 5.41) is 2.84. The number of nitrogens with zero attached hydrogens (tertiary/aromatic N) is 2. The summed E-state index contributed by atoms with van der Waals surface area (Å²) in [5.74, 6) is 0.171. The van der Waals surface area contributed by atoms with Gasteiger partial charge in [0.05, 0.1) is 0 Å². The highest BCUT2D eigenvalue weighted by molar-refractivity contribution is 5.92. The van der Waals surface area contributed by atoms with Crippen LogP contribution in [0, 0.1) is 0 Å². The molecule has 22 heavy (non-hydrogen) atoms. The fourth-order valence-corrected chi connectivity index (χ4v) is 2.65. The van der Waals surface area contributed by atoms with E-state index >= 15 is 0 Å². The Balaban J connectivity index is 2.01. The second-order valence-electron chi connectivity index (χ2n) is 6.14. The normalized spacial score (nSPS) is 16.5. The molecule has 1 aliphatic heterocycles. The third-order valence-electron chi connectivity index (χ3n) is 4.19. The Morgan fingerprint density at radius 3 is 2.00 bits per heavy atom. The molecule has 0 aliphatic carbocycles. The number of amides is 1. The fraction of sp³-hybridized carbons (Fsp3) is 0.765. The van der Waals surface area contributed by atoms with Crippen LogP contribution in [0.25, 0.3) is 0 Å². The van der Waals surface area contributed by atoms with Gasteiger partial charge in [-0.3, -0.25) is 9.59 Å². The van der Waals surface area contributed by atoms with Gasteiger partial charge in [-0.05, 0) is 51.3 Å². The number of rotatable bonds is 10. The molecular weight excluding hydrogens is 278 g/mol. The molecular formula is C17H31N3O2. The number of unbranched alkanes of at least 4 members (excludes halogenated alkanes) is 1. The summed E-state index contributed by atoms with van der Waals surface area (Å²) in [6.45, 7) is 14.4. The zero-order valence-corrected chi connectivity index (χ0v) is 14.2. The van der Waals surface area contributed by atoms with E-state index < -0.39 is 0 Å². The van der Waals surface area contributed by atoms with E-state index in [2.05, 4.69) is 21.7 Å². The van der Waals surface area contributed by atoms with Gasteiger partial charge in [-0.25, -0.2) is 0 Å². The average Bonchev–Trinajstić information content (AvgIpc) is 2.49. The van der Waals surface area contributed by atoms with E-state index in [9.17, 15) is 9.59 Å². The van der Waals surface area contributed by atoms with Crippen molar-refractivity contribution in [1.82, 2.24) is 15.1 Å². The Kier molecular flexibility index (Phi) is 9.01. The van der Waals surface area contributed by atoms with Crippen LogP contribution in [0.3, 0.4) is 0 Å². The van der Waals surface area contributed by atoms with Gasteiger partial charge in [0.15, 0.2) is 5.78 Å². The summed E-state index contributed by atoms with van der Waals surface area (Å²) in [6, 6.07) is 0. The van der Waals surface area contributed by atoms with Crippen molar-refractivity contribution in [3.05, 3.63) is 12.2 Å². The van der Waals surface area contributed by atoms with Gasteiger partial charge in [0.1, 0.15) is 0 Å². The van der Waals surface area contributed by atoms with Crippen molar-refractivity contribution in [2.45, 2.75) is 39.5 Å². The standard InChI is InChI=1S/C17H31N3O2/c1-15(16(2)21)7-4-5-9-19-11-13-20(14-12-19)10-6-8-18-17(3)22/h1,4-14H2,2-3H3,(H,18,22). The van der Waals surface area contributed by atoms with E-state index in [1.54, 1.807) is 13.8 Å². The highest BCUT2D eigenvalue weighted by Gasteiger charge is 2.15. The minimum Gasteiger partial charge on any atom is -0.356 e. The molecule has 0 spiro atoms. The number of carbonyl (C=O) groups is 2. The largest absolute Gasteiger partial charge is 0.356 e. The van der Waals surface area contributed by atoms with Gasteiger partial charge in [0.25, 0.3) is 0 Å². The molecule has 0 aromatic carbocycles. The highest BCUT2D eigenvalue weighted by Crippen LogP contribution is 2.09. The van der Waals surface area contributed by atoms with E-state index in [0.29, 0.717) is 0 Å². The molecule has 1 aliphatic rings. The van der Waals surface area contributed by atoms with E-state index in [1.165, 1.54) is 0 Å². The molecule has 1 N–H and O–H groups in total. The molecule has 1 fully saturated rings. The van der Waals surface area contributed by atoms with Crippen LogP contribution in [0.1, 0.15) is 39.5 Å². The van der Waals surface area contributed by atoms with Crippen molar-refractivity contribution in [2.75, 3.05) is 45.8 Å². The van der Waals surface area contributed by atoms with Crippen molar-refractivity contribution < 1.29 is 9.59 Å². The van der Waals surface area contributed by atoms with Crippen LogP contribution in [0.15, 0.2) is 12.2 Å². The number of ketones is 1. The van der Waals surface area contributed by atoms with Crippen molar-refractivity contribution in [2.24, 2.45) is 0 Å². The Morgan fingerprint density at radius 2 is 1.50 bits per heavy atom. The molecule has 1 rings (SSSR count). The first-order valence-electron chi connectivity index (χ1n) is 8.37. The molecule has 0 atom stereocenters. The molecule has 126 valence electrons. The van der Waals surface area contributed by atoms with Crippen LogP contribution in [-0.2, 0) is 9.59 Å². The van der Waals surface area contributed by atoms with Crippen molar-refractivity contribution in [3.63, 3.8) is 0 Å². The third-order valence-corrected chi connectivity index (χ3v) is 4.19. The molecule has 5 nitrogen and oxygen atoms in total. The zero-order valence-electron chi connectivity index (χ0n) is 14.2. The quantitative estimate of drug-likeness (QED) is 0.490. The summed E-state index contributed by atoms with van der Waals surface area (Å²) in [5.41, 5.74) is 0.754. The second-order valence-corrected chi connectivity index (χ2v) is 6.14. The number of carbonyl (C=O) groups excluding carboxylic acids is 2. The zero-order chi connectivity index (χ0) is 16.4. The third kappa shape index (κ3) is 8.29. The predicted octanol–water partition coefficient (Wildman–Crippen LogP) is 1.45. The lowest BCUT2D eigenvalue weighted by Gasteiger charge is -2.34. The van der Waals surface area contributed by atoms with Crippen molar-refractivity contribution >= 4 is 11.7 Å². The smallest absolute Gasteiger partial charge is 0.216 e. The minimum atomic E-state index is 0.0530. The van der Waals surface area contributed by atoms with Gasteiger partial charge in [-0.2, -0.15) is 0 Å². The van der Waals surface area contributed by atoms with Crippen LogP contribution in [0.2, 0.25) is 0 Å². The van der Waals surface area contributed by atoms with Gasteiger partial charge in [-0.1, -0.05) is 6.58 Å². The predicted molar refractivity (Wildman–Crippen MR) is 89.9 cm³/mol. The number of allylic oxidation sites excluding steroid dienone is 1. The van der Waals surface area contributed by atoms with Gasteiger partial charge >= 0.3 is 0 Å². The summed E-state index contributed by atoms with van der Waals surface area (Å²) in [7, 11) is 0. The highest BCUT2D eigenvalue weighted by atomic mass is 16.1. The van der Waals surface area contributed by atoms with Crippen LogP contribution >= 0.6 is 0 Å². The molecule has 0 aromatic heterocycles. The number of Topliss-reactive ketones (excluding diaryl/α,β-unsaturated/α-hetero) is 1. The molecule has 1 heterocycles. The molecule has 0 saturated carbocycles. The Morgan fingerprint density at radius 1 is 0.955 bits per heavy atom. The topological polar surface area (TPSA) is 52.6 Å². The summed E-state index contributed by atoms with van der Waals surface area (Å²) >= 11 is 0. The monoisotopic (exact) mass is 309 g/mol. The van der Waals surface area contributed by atoms with Crippen LogP contribution < -0.4 is 5.32 Å². The lowest BCUT2D eigenvalue weighted by molar-refractivity contribution is -0.119. The van der Waals surface area contributed by atoms with Gasteiger partial charge in [0, 0.05) is 39.6 Å². The first-order valence-corrected chi connectivity index (χ1v) is 8.37. The Labute approximate surface area is 134 Å². The second kappa shape index (κ2) is 10.5. The van der Waals surface area contributed by atoms with Crippen LogP contribution in [0.5, 0.6) is 0 Å². The molecule has 0 unspecified atom stereocenters. The minimum absolute atomic E-state index is 0.0530. The average molecular weight is 309 g/mol. The lowest BCUT2D eigenvalue weighted by Crippen LogP contribution is -2.47. The maximum Gasteiger partial charge on any atom is 0.216 e. The fourth-order valence-electron chi connectivity index (χ4n) is 2.65. The molecule has 1 amide bonds. The summed E-state index contributed by atoms with van der Waals surface area (Å²) in [6.07, 6.45) is 4.04. The molecule has 0 bridgehead atoms. The lowest BCUT2D eigenvalue weighted by atomic mass is 10.1. The van der Waals surface area contributed by atoms with Crippen LogP contribution in [0.4, 0.5) is 0 Å². The Bertz CT molecular complexity index is 374. The van der Waals surface area contributed by atoms with Crippen molar-refractivity contribution in [1.29, 1.82) is 0 Å². The summed E-state index contributed by atoms with van der Waals surface area (Å²) < 4.78 is 0. The van der Waals surface area contributed by atoms with Gasteiger partial charge in [0.2, 0.25) is 5.91 Å². The van der Waals surface area contributed by atoms with E-state index in [4.69, 9.17) is 0 Å². The van der Waals surface area contributed by atoms with E-state index in [-0.39, 0.29) is 11.7 Å². The number of hydrogen-bond donors (Lipinski definition) is 1. The number of nitrogens with one attached hydrogen (secondary N) is 1. The maximum absolute atomic E-state index is 11.1. The van der Waals surface area contributed by atoms with Crippen molar-refractivity contribution in [3.8, 4) is 0 Å². The maximum atomic E-state index is 11.1. The molecule has 5 heteroatoms. The molecule has 1 saturated heterocycles. The molecule has 0 aromatic rings. The van der Waals surface area contributed by atoms with Gasteiger partial charge in [-0.15, -0.1) is 0 Å². The SMILES string of the molecule is C=C(CCCCN1CCN(CCCNC(C)=O)CC1)C(C)=O. The molecule has 0 radical (unpaired) electrons. The van der Waals surface area contributed by atoms with E-state index in [0.717, 1.165) is 77.1 Å². The number of piperazine rings is 1. The van der Waals surface area contributed by atoms with Crippen LogP contribution in [-0.4, -0.2) is 67.3 Å². The van der Waals surface area contributed by atoms with E-state index in [1.807, 2.05) is 0 Å². The Hall–Kier alpha value is -1.20. The first kappa shape index (κ1) is 18.8. The number of hydrogen-bond acceptors (Lipinski definition) is 4. The summed E-state index contributed by atoms with van der Waals surface area (Å²) in [4.78, 5) is 26.8. The van der Waals surface area contributed by atoms with Gasteiger partial charge < -0.3 is 15.1 Å². The first-order chi connectivity index (χ1) is 10.5.